The summed E-state index contributed by atoms with van der Waals surface area (Å²) in [6.07, 6.45) is 21.6. The Labute approximate surface area is 156 Å². The van der Waals surface area contributed by atoms with E-state index in [1.54, 1.807) is 0 Å². The predicted molar refractivity (Wildman–Crippen MR) is 108 cm³/mol. The molecule has 1 unspecified atom stereocenters. The van der Waals surface area contributed by atoms with Gasteiger partial charge < -0.3 is 14.9 Å². The smallest absolute Gasteiger partial charge is 0.116 e. The molecule has 0 fully saturated rings. The highest BCUT2D eigenvalue weighted by Crippen LogP contribution is 2.12. The molecule has 0 aliphatic carbocycles. The fourth-order valence-electron chi connectivity index (χ4n) is 2.73. The average Bonchev–Trinajstić information content (AvgIpc) is 2.62. The van der Waals surface area contributed by atoms with Crippen molar-refractivity contribution in [1.82, 2.24) is 0 Å². The Balaban J connectivity index is 3.22. The quantitative estimate of drug-likeness (QED) is 0.172. The van der Waals surface area contributed by atoms with Gasteiger partial charge in [0.2, 0.25) is 0 Å². The van der Waals surface area contributed by atoms with Gasteiger partial charge in [0.1, 0.15) is 12.7 Å². The summed E-state index contributed by atoms with van der Waals surface area (Å²) in [6, 6.07) is 0. The van der Waals surface area contributed by atoms with Crippen LogP contribution in [0.1, 0.15) is 96.8 Å². The van der Waals surface area contributed by atoms with Crippen LogP contribution in [0.25, 0.3) is 0 Å². The van der Waals surface area contributed by atoms with E-state index >= 15 is 0 Å². The highest BCUT2D eigenvalue weighted by atomic mass is 16.5. The van der Waals surface area contributed by atoms with E-state index in [1.807, 2.05) is 0 Å². The van der Waals surface area contributed by atoms with Crippen LogP contribution >= 0.6 is 0 Å². The summed E-state index contributed by atoms with van der Waals surface area (Å²) in [5.41, 5.74) is 0. The van der Waals surface area contributed by atoms with E-state index in [1.165, 1.54) is 77.0 Å². The number of rotatable bonds is 19. The Kier molecular flexibility index (Phi) is 18.9. The fraction of sp³-hybridized carbons (Fsp3) is 0.818. The van der Waals surface area contributed by atoms with E-state index in [2.05, 4.69) is 25.7 Å². The molecule has 0 aromatic carbocycles. The summed E-state index contributed by atoms with van der Waals surface area (Å²) in [6.45, 7) is 5.98. The first-order chi connectivity index (χ1) is 12.2. The number of hydrogen-bond acceptors (Lipinski definition) is 3. The maximum Gasteiger partial charge on any atom is 0.116 e. The van der Waals surface area contributed by atoms with Gasteiger partial charge in [0, 0.05) is 6.42 Å². The van der Waals surface area contributed by atoms with Crippen molar-refractivity contribution >= 4 is 0 Å². The SMILES string of the molecule is C=C(CCCCCCC/C=C\CCCCCCCC)OCC(O)CO. The van der Waals surface area contributed by atoms with Crippen LogP contribution in [0.3, 0.4) is 0 Å². The van der Waals surface area contributed by atoms with Crippen LogP contribution in [-0.2, 0) is 4.74 Å². The molecule has 0 aromatic rings. The summed E-state index contributed by atoms with van der Waals surface area (Å²) in [5.74, 6) is 0.713. The third-order valence-electron chi connectivity index (χ3n) is 4.41. The van der Waals surface area contributed by atoms with Gasteiger partial charge in [-0.2, -0.15) is 0 Å². The monoisotopic (exact) mass is 354 g/mol. The van der Waals surface area contributed by atoms with Crippen molar-refractivity contribution in [3.63, 3.8) is 0 Å². The second-order valence-electron chi connectivity index (χ2n) is 7.02. The normalized spacial score (nSPS) is 12.6. The zero-order valence-corrected chi connectivity index (χ0v) is 16.6. The Bertz CT molecular complexity index is 312. The fourth-order valence-corrected chi connectivity index (χ4v) is 2.73. The van der Waals surface area contributed by atoms with Crippen LogP contribution in [0, 0.1) is 0 Å². The molecule has 0 bridgehead atoms. The topological polar surface area (TPSA) is 49.7 Å². The van der Waals surface area contributed by atoms with Gasteiger partial charge in [-0.25, -0.2) is 0 Å². The van der Waals surface area contributed by atoms with E-state index in [0.29, 0.717) is 5.76 Å². The highest BCUT2D eigenvalue weighted by Gasteiger charge is 2.03. The molecule has 0 saturated heterocycles. The molecule has 0 aliphatic heterocycles. The van der Waals surface area contributed by atoms with E-state index in [4.69, 9.17) is 9.84 Å². The van der Waals surface area contributed by atoms with Crippen molar-refractivity contribution in [2.75, 3.05) is 13.2 Å². The minimum Gasteiger partial charge on any atom is -0.496 e. The molecule has 0 heterocycles. The van der Waals surface area contributed by atoms with Crippen molar-refractivity contribution in [2.24, 2.45) is 0 Å². The molecule has 0 radical (unpaired) electrons. The Hall–Kier alpha value is -0.800. The summed E-state index contributed by atoms with van der Waals surface area (Å²) in [7, 11) is 0. The molecule has 1 atom stereocenters. The lowest BCUT2D eigenvalue weighted by Crippen LogP contribution is -2.18. The van der Waals surface area contributed by atoms with Gasteiger partial charge in [-0.3, -0.25) is 0 Å². The Morgan fingerprint density at radius 3 is 1.96 bits per heavy atom. The van der Waals surface area contributed by atoms with Gasteiger partial charge in [0.25, 0.3) is 0 Å². The Morgan fingerprint density at radius 1 is 0.880 bits per heavy atom. The van der Waals surface area contributed by atoms with Crippen LogP contribution in [0.15, 0.2) is 24.5 Å². The van der Waals surface area contributed by atoms with Crippen LogP contribution in [0.5, 0.6) is 0 Å². The molecule has 0 amide bonds. The van der Waals surface area contributed by atoms with Crippen molar-refractivity contribution < 1.29 is 14.9 Å². The predicted octanol–water partition coefficient (Wildman–Crippen LogP) is 5.91. The zero-order valence-electron chi connectivity index (χ0n) is 16.6. The van der Waals surface area contributed by atoms with Crippen molar-refractivity contribution in [1.29, 1.82) is 0 Å². The van der Waals surface area contributed by atoms with E-state index < -0.39 is 6.10 Å². The van der Waals surface area contributed by atoms with Gasteiger partial charge in [0.05, 0.1) is 12.4 Å². The molecule has 25 heavy (non-hydrogen) atoms. The molecular weight excluding hydrogens is 312 g/mol. The zero-order chi connectivity index (χ0) is 18.6. The lowest BCUT2D eigenvalue weighted by atomic mass is 10.1. The van der Waals surface area contributed by atoms with Crippen LogP contribution in [-0.4, -0.2) is 29.5 Å². The highest BCUT2D eigenvalue weighted by molar-refractivity contribution is 4.83. The second-order valence-corrected chi connectivity index (χ2v) is 7.02. The molecule has 0 aliphatic rings. The molecule has 0 spiro atoms. The van der Waals surface area contributed by atoms with Crippen molar-refractivity contribution in [2.45, 2.75) is 103 Å². The summed E-state index contributed by atoms with van der Waals surface area (Å²) in [5, 5.41) is 17.9. The van der Waals surface area contributed by atoms with Gasteiger partial charge >= 0.3 is 0 Å². The van der Waals surface area contributed by atoms with Crippen molar-refractivity contribution in [3.05, 3.63) is 24.5 Å². The first kappa shape index (κ1) is 24.2. The first-order valence-corrected chi connectivity index (χ1v) is 10.4. The number of ether oxygens (including phenoxy) is 1. The standard InChI is InChI=1S/C22H42O3/c1-3-4-5-6-7-8-9-10-11-12-13-14-15-16-17-18-21(2)25-20-22(24)19-23/h10-11,22-24H,2-9,12-20H2,1H3/b11-10-. The van der Waals surface area contributed by atoms with Crippen molar-refractivity contribution in [3.8, 4) is 0 Å². The molecule has 0 rings (SSSR count). The number of hydrogen-bond donors (Lipinski definition) is 2. The molecular formula is C22H42O3. The maximum atomic E-state index is 9.19. The van der Waals surface area contributed by atoms with E-state index in [0.717, 1.165) is 12.8 Å². The number of unbranched alkanes of at least 4 members (excludes halogenated alkanes) is 11. The maximum absolute atomic E-state index is 9.19. The largest absolute Gasteiger partial charge is 0.496 e. The van der Waals surface area contributed by atoms with Gasteiger partial charge in [-0.15, -0.1) is 0 Å². The third-order valence-corrected chi connectivity index (χ3v) is 4.41. The second kappa shape index (κ2) is 19.5. The van der Waals surface area contributed by atoms with E-state index in [-0.39, 0.29) is 13.2 Å². The molecule has 0 aromatic heterocycles. The lowest BCUT2D eigenvalue weighted by Gasteiger charge is -2.11. The molecule has 3 heteroatoms. The minimum absolute atomic E-state index is 0.139. The summed E-state index contributed by atoms with van der Waals surface area (Å²) in [4.78, 5) is 0. The Morgan fingerprint density at radius 2 is 1.40 bits per heavy atom. The minimum atomic E-state index is -0.800. The first-order valence-electron chi connectivity index (χ1n) is 10.4. The molecule has 0 saturated carbocycles. The molecule has 3 nitrogen and oxygen atoms in total. The summed E-state index contributed by atoms with van der Waals surface area (Å²) >= 11 is 0. The molecule has 148 valence electrons. The third kappa shape index (κ3) is 19.4. The number of aliphatic hydroxyl groups is 2. The van der Waals surface area contributed by atoms with Gasteiger partial charge in [0.15, 0.2) is 0 Å². The van der Waals surface area contributed by atoms with Crippen LogP contribution in [0.4, 0.5) is 0 Å². The van der Waals surface area contributed by atoms with E-state index in [9.17, 15) is 5.11 Å². The molecule has 2 N–H and O–H groups in total. The summed E-state index contributed by atoms with van der Waals surface area (Å²) < 4.78 is 5.30. The van der Waals surface area contributed by atoms with Crippen LogP contribution < -0.4 is 0 Å². The number of aliphatic hydroxyl groups excluding tert-OH is 2. The van der Waals surface area contributed by atoms with Gasteiger partial charge in [-0.1, -0.05) is 77.0 Å². The number of allylic oxidation sites excluding steroid dienone is 3. The lowest BCUT2D eigenvalue weighted by molar-refractivity contribution is 0.0284. The van der Waals surface area contributed by atoms with Crippen LogP contribution in [0.2, 0.25) is 0 Å². The van der Waals surface area contributed by atoms with Gasteiger partial charge in [-0.05, 0) is 32.1 Å². The average molecular weight is 355 g/mol.